The van der Waals surface area contributed by atoms with Gasteiger partial charge in [0, 0.05) is 18.3 Å². The molecule has 0 radical (unpaired) electrons. The van der Waals surface area contributed by atoms with Gasteiger partial charge in [-0.25, -0.2) is 0 Å². The van der Waals surface area contributed by atoms with Crippen LogP contribution in [0.1, 0.15) is 13.8 Å². The van der Waals surface area contributed by atoms with Crippen molar-refractivity contribution in [3.8, 4) is 0 Å². The van der Waals surface area contributed by atoms with Crippen molar-refractivity contribution in [1.29, 1.82) is 0 Å². The van der Waals surface area contributed by atoms with E-state index in [1.807, 2.05) is 0 Å². The molecule has 1 aromatic carbocycles. The van der Waals surface area contributed by atoms with Crippen molar-refractivity contribution in [3.63, 3.8) is 0 Å². The van der Waals surface area contributed by atoms with Crippen LogP contribution in [-0.4, -0.2) is 18.0 Å². The smallest absolute Gasteiger partial charge is 0.306 e. The maximum absolute atomic E-state index is 13.1. The number of nitrogens with one attached hydrogen (secondary N) is 1. The van der Waals surface area contributed by atoms with Gasteiger partial charge in [-0.2, -0.15) is 4.39 Å². The van der Waals surface area contributed by atoms with E-state index in [0.717, 1.165) is 6.07 Å². The highest BCUT2D eigenvalue weighted by Crippen LogP contribution is 2.22. The number of halogens is 1. The molecule has 0 heterocycles. The molecule has 0 fully saturated rings. The number of rotatable bonds is 6. The normalized spacial score (nSPS) is 12.5. The second kappa shape index (κ2) is 6.30. The predicted octanol–water partition coefficient (Wildman–Crippen LogP) is 2.38. The first-order valence-electron chi connectivity index (χ1n) is 5.83. The van der Waals surface area contributed by atoms with Crippen molar-refractivity contribution in [1.82, 2.24) is 0 Å². The van der Waals surface area contributed by atoms with Gasteiger partial charge in [-0.15, -0.1) is 0 Å². The molecule has 0 spiro atoms. The lowest BCUT2D eigenvalue weighted by atomic mass is 9.96. The van der Waals surface area contributed by atoms with E-state index in [9.17, 15) is 14.5 Å². The van der Waals surface area contributed by atoms with Gasteiger partial charge >= 0.3 is 5.69 Å². The fourth-order valence-electron chi connectivity index (χ4n) is 1.60. The highest BCUT2D eigenvalue weighted by atomic mass is 19.1. The van der Waals surface area contributed by atoms with E-state index in [1.165, 1.54) is 12.1 Å². The highest BCUT2D eigenvalue weighted by molar-refractivity contribution is 5.51. The van der Waals surface area contributed by atoms with Crippen molar-refractivity contribution >= 4 is 11.4 Å². The molecular formula is C12H18FN3O2. The molecule has 6 heteroatoms. The third-order valence-electron chi connectivity index (χ3n) is 2.96. The van der Waals surface area contributed by atoms with Crippen molar-refractivity contribution in [2.45, 2.75) is 13.8 Å². The van der Waals surface area contributed by atoms with Crippen molar-refractivity contribution in [2.24, 2.45) is 17.6 Å². The summed E-state index contributed by atoms with van der Waals surface area (Å²) in [5, 5.41) is 13.6. The van der Waals surface area contributed by atoms with Crippen LogP contribution in [0.3, 0.4) is 0 Å². The first-order valence-corrected chi connectivity index (χ1v) is 5.83. The number of benzene rings is 1. The molecule has 0 amide bonds. The number of nitro benzene ring substituents is 1. The third-order valence-corrected chi connectivity index (χ3v) is 2.96. The molecule has 0 aliphatic carbocycles. The van der Waals surface area contributed by atoms with Gasteiger partial charge in [-0.1, -0.05) is 13.8 Å². The molecule has 0 aliphatic rings. The lowest BCUT2D eigenvalue weighted by Crippen LogP contribution is -2.27. The number of hydrogen-bond acceptors (Lipinski definition) is 4. The molecule has 18 heavy (non-hydrogen) atoms. The first-order chi connectivity index (χ1) is 8.45. The highest BCUT2D eigenvalue weighted by Gasteiger charge is 2.15. The summed E-state index contributed by atoms with van der Waals surface area (Å²) in [4.78, 5) is 9.86. The summed E-state index contributed by atoms with van der Waals surface area (Å²) >= 11 is 0. The van der Waals surface area contributed by atoms with Crippen LogP contribution in [0.2, 0.25) is 0 Å². The molecule has 0 saturated carbocycles. The Hall–Kier alpha value is -1.69. The average Bonchev–Trinajstić information content (AvgIpc) is 2.31. The molecule has 0 saturated heterocycles. The fourth-order valence-corrected chi connectivity index (χ4v) is 1.60. The summed E-state index contributed by atoms with van der Waals surface area (Å²) in [5.41, 5.74) is 5.64. The van der Waals surface area contributed by atoms with Gasteiger partial charge in [0.05, 0.1) is 4.92 Å². The summed E-state index contributed by atoms with van der Waals surface area (Å²) < 4.78 is 13.1. The number of nitro groups is 1. The molecule has 0 aliphatic heterocycles. The lowest BCUT2D eigenvalue weighted by molar-refractivity contribution is -0.387. The molecule has 0 aromatic heterocycles. The van der Waals surface area contributed by atoms with Gasteiger partial charge in [0.15, 0.2) is 0 Å². The van der Waals surface area contributed by atoms with E-state index in [1.54, 1.807) is 0 Å². The van der Waals surface area contributed by atoms with Gasteiger partial charge < -0.3 is 11.1 Å². The topological polar surface area (TPSA) is 81.2 Å². The monoisotopic (exact) mass is 255 g/mol. The Morgan fingerprint density at radius 2 is 2.17 bits per heavy atom. The van der Waals surface area contributed by atoms with Crippen molar-refractivity contribution in [2.75, 3.05) is 18.4 Å². The molecule has 1 atom stereocenters. The van der Waals surface area contributed by atoms with Crippen molar-refractivity contribution in [3.05, 3.63) is 34.1 Å². The van der Waals surface area contributed by atoms with E-state index in [0.29, 0.717) is 24.7 Å². The van der Waals surface area contributed by atoms with Gasteiger partial charge in [0.2, 0.25) is 5.82 Å². The van der Waals surface area contributed by atoms with Crippen LogP contribution in [0, 0.1) is 27.8 Å². The quantitative estimate of drug-likeness (QED) is 0.604. The molecule has 1 rings (SSSR count). The van der Waals surface area contributed by atoms with Crippen LogP contribution in [-0.2, 0) is 0 Å². The molecule has 0 bridgehead atoms. The predicted molar refractivity (Wildman–Crippen MR) is 68.9 cm³/mol. The zero-order valence-electron chi connectivity index (χ0n) is 10.5. The first kappa shape index (κ1) is 14.4. The third kappa shape index (κ3) is 3.66. The van der Waals surface area contributed by atoms with Crippen LogP contribution < -0.4 is 11.1 Å². The largest absolute Gasteiger partial charge is 0.385 e. The SMILES string of the molecule is CC(C)C(CN)CNc1ccc(F)c([N+](=O)[O-])c1. The van der Waals surface area contributed by atoms with Crippen LogP contribution in [0.4, 0.5) is 15.8 Å². The van der Waals surface area contributed by atoms with Gasteiger partial charge in [-0.05, 0) is 30.5 Å². The van der Waals surface area contributed by atoms with E-state index in [2.05, 4.69) is 19.2 Å². The second-order valence-electron chi connectivity index (χ2n) is 4.54. The molecule has 1 aromatic rings. The Morgan fingerprint density at radius 3 is 2.67 bits per heavy atom. The number of hydrogen-bond donors (Lipinski definition) is 2. The minimum absolute atomic E-state index is 0.272. The maximum Gasteiger partial charge on any atom is 0.306 e. The Bertz CT molecular complexity index is 424. The van der Waals surface area contributed by atoms with E-state index >= 15 is 0 Å². The summed E-state index contributed by atoms with van der Waals surface area (Å²) in [6.45, 7) is 5.27. The van der Waals surface area contributed by atoms with Crippen LogP contribution in [0.25, 0.3) is 0 Å². The summed E-state index contributed by atoms with van der Waals surface area (Å²) in [6.07, 6.45) is 0. The number of nitrogens with two attached hydrogens (primary N) is 1. The van der Waals surface area contributed by atoms with E-state index in [4.69, 9.17) is 5.73 Å². The van der Waals surface area contributed by atoms with Crippen LogP contribution in [0.15, 0.2) is 18.2 Å². The Labute approximate surface area is 105 Å². The van der Waals surface area contributed by atoms with Crippen LogP contribution >= 0.6 is 0 Å². The molecule has 3 N–H and O–H groups in total. The molecular weight excluding hydrogens is 237 g/mol. The summed E-state index contributed by atoms with van der Waals surface area (Å²) in [7, 11) is 0. The van der Waals surface area contributed by atoms with Gasteiger partial charge in [-0.3, -0.25) is 10.1 Å². The maximum atomic E-state index is 13.1. The van der Waals surface area contributed by atoms with E-state index < -0.39 is 16.4 Å². The Balaban J connectivity index is 2.74. The standard InChI is InChI=1S/C12H18FN3O2/c1-8(2)9(6-14)7-15-10-3-4-11(13)12(5-10)16(17)18/h3-5,8-9,15H,6-7,14H2,1-2H3. The second-order valence-corrected chi connectivity index (χ2v) is 4.54. The van der Waals surface area contributed by atoms with Gasteiger partial charge in [0.1, 0.15) is 0 Å². The lowest BCUT2D eigenvalue weighted by Gasteiger charge is -2.19. The fraction of sp³-hybridized carbons (Fsp3) is 0.500. The Kier molecular flexibility index (Phi) is 5.03. The average molecular weight is 255 g/mol. The minimum atomic E-state index is -0.829. The number of nitrogens with zero attached hydrogens (tertiary/aromatic N) is 1. The molecule has 5 nitrogen and oxygen atoms in total. The molecule has 100 valence electrons. The van der Waals surface area contributed by atoms with Crippen molar-refractivity contribution < 1.29 is 9.31 Å². The summed E-state index contributed by atoms with van der Waals surface area (Å²) in [6, 6.07) is 3.77. The summed E-state index contributed by atoms with van der Waals surface area (Å²) in [5.74, 6) is -0.142. The zero-order chi connectivity index (χ0) is 13.7. The Morgan fingerprint density at radius 1 is 1.50 bits per heavy atom. The van der Waals surface area contributed by atoms with Crippen LogP contribution in [0.5, 0.6) is 0 Å². The van der Waals surface area contributed by atoms with E-state index in [-0.39, 0.29) is 5.92 Å². The minimum Gasteiger partial charge on any atom is -0.385 e. The van der Waals surface area contributed by atoms with Gasteiger partial charge in [0.25, 0.3) is 0 Å². The molecule has 1 unspecified atom stereocenters. The number of anilines is 1. The zero-order valence-corrected chi connectivity index (χ0v) is 10.5.